The van der Waals surface area contributed by atoms with Gasteiger partial charge in [0.1, 0.15) is 0 Å². The highest BCUT2D eigenvalue weighted by Crippen LogP contribution is 2.36. The summed E-state index contributed by atoms with van der Waals surface area (Å²) in [7, 11) is 0. The molecule has 1 atom stereocenters. The maximum Gasteiger partial charge on any atom is 0.335 e. The van der Waals surface area contributed by atoms with Gasteiger partial charge in [-0.1, -0.05) is 25.3 Å². The van der Waals surface area contributed by atoms with Crippen LogP contribution in [0.4, 0.5) is 0 Å². The van der Waals surface area contributed by atoms with Gasteiger partial charge in [0.25, 0.3) is 0 Å². The van der Waals surface area contributed by atoms with Crippen molar-refractivity contribution in [2.24, 2.45) is 0 Å². The van der Waals surface area contributed by atoms with Crippen LogP contribution in [0.15, 0.2) is 17.0 Å². The summed E-state index contributed by atoms with van der Waals surface area (Å²) in [6.45, 7) is 1.74. The zero-order chi connectivity index (χ0) is 14.0. The van der Waals surface area contributed by atoms with Gasteiger partial charge in [0.15, 0.2) is 11.1 Å². The first-order valence-corrected chi connectivity index (χ1v) is 7.60. The SMILES string of the molecule is Cc1cc(C2CCCCC2)c(S(=O)O)cc1C(=O)O. The Morgan fingerprint density at radius 1 is 1.26 bits per heavy atom. The van der Waals surface area contributed by atoms with Gasteiger partial charge in [-0.3, -0.25) is 0 Å². The quantitative estimate of drug-likeness (QED) is 0.834. The van der Waals surface area contributed by atoms with E-state index in [0.29, 0.717) is 5.56 Å². The number of aromatic carboxylic acids is 1. The molecule has 2 rings (SSSR count). The lowest BCUT2D eigenvalue weighted by Crippen LogP contribution is -2.11. The summed E-state index contributed by atoms with van der Waals surface area (Å²) in [4.78, 5) is 11.4. The highest BCUT2D eigenvalue weighted by molar-refractivity contribution is 7.79. The summed E-state index contributed by atoms with van der Waals surface area (Å²) in [5.74, 6) is -0.777. The largest absolute Gasteiger partial charge is 0.478 e. The van der Waals surface area contributed by atoms with E-state index in [-0.39, 0.29) is 16.4 Å². The Morgan fingerprint density at radius 3 is 2.42 bits per heavy atom. The minimum atomic E-state index is -2.14. The van der Waals surface area contributed by atoms with E-state index in [4.69, 9.17) is 5.11 Å². The zero-order valence-corrected chi connectivity index (χ0v) is 11.7. The second kappa shape index (κ2) is 5.84. The molecule has 1 saturated carbocycles. The summed E-state index contributed by atoms with van der Waals surface area (Å²) in [5, 5.41) is 9.09. The summed E-state index contributed by atoms with van der Waals surface area (Å²) in [5.41, 5.74) is 1.61. The molecule has 0 amide bonds. The Labute approximate surface area is 115 Å². The van der Waals surface area contributed by atoms with E-state index in [1.165, 1.54) is 12.5 Å². The predicted molar refractivity (Wildman–Crippen MR) is 73.0 cm³/mol. The fourth-order valence-electron chi connectivity index (χ4n) is 2.82. The molecule has 5 heteroatoms. The Kier molecular flexibility index (Phi) is 4.37. The van der Waals surface area contributed by atoms with E-state index < -0.39 is 17.0 Å². The molecule has 0 bridgehead atoms. The molecular formula is C14H18O4S. The van der Waals surface area contributed by atoms with Gasteiger partial charge < -0.3 is 9.66 Å². The summed E-state index contributed by atoms with van der Waals surface area (Å²) in [6, 6.07) is 3.14. The maximum atomic E-state index is 11.5. The van der Waals surface area contributed by atoms with Gasteiger partial charge in [-0.25, -0.2) is 9.00 Å². The Balaban J connectivity index is 2.49. The average molecular weight is 282 g/mol. The molecule has 1 aromatic carbocycles. The van der Waals surface area contributed by atoms with E-state index in [0.717, 1.165) is 31.2 Å². The molecule has 0 heterocycles. The summed E-state index contributed by atoms with van der Waals surface area (Å²) < 4.78 is 20.9. The van der Waals surface area contributed by atoms with E-state index in [2.05, 4.69) is 0 Å². The van der Waals surface area contributed by atoms with Crippen molar-refractivity contribution >= 4 is 17.0 Å². The molecule has 4 nitrogen and oxygen atoms in total. The van der Waals surface area contributed by atoms with Crippen molar-refractivity contribution in [1.29, 1.82) is 0 Å². The van der Waals surface area contributed by atoms with Gasteiger partial charge in [0.2, 0.25) is 0 Å². The Morgan fingerprint density at radius 2 is 1.89 bits per heavy atom. The van der Waals surface area contributed by atoms with Crippen LogP contribution >= 0.6 is 0 Å². The first-order valence-electron chi connectivity index (χ1n) is 6.49. The summed E-state index contributed by atoms with van der Waals surface area (Å²) in [6.07, 6.45) is 5.48. The Bertz CT molecular complexity index is 518. The number of carboxylic acids is 1. The average Bonchev–Trinajstić information content (AvgIpc) is 2.38. The van der Waals surface area contributed by atoms with E-state index >= 15 is 0 Å². The normalized spacial score (nSPS) is 18.2. The van der Waals surface area contributed by atoms with Crippen molar-refractivity contribution in [2.45, 2.75) is 49.8 Å². The third-order valence-corrected chi connectivity index (χ3v) is 4.55. The van der Waals surface area contributed by atoms with Crippen LogP contribution in [0.1, 0.15) is 59.5 Å². The molecule has 19 heavy (non-hydrogen) atoms. The number of hydrogen-bond acceptors (Lipinski definition) is 2. The van der Waals surface area contributed by atoms with E-state index in [9.17, 15) is 13.6 Å². The van der Waals surface area contributed by atoms with Gasteiger partial charge in [-0.15, -0.1) is 0 Å². The number of hydrogen-bond donors (Lipinski definition) is 2. The minimum Gasteiger partial charge on any atom is -0.478 e. The molecule has 2 N–H and O–H groups in total. The lowest BCUT2D eigenvalue weighted by atomic mass is 9.83. The molecule has 1 unspecified atom stereocenters. The fourth-order valence-corrected chi connectivity index (χ4v) is 3.47. The lowest BCUT2D eigenvalue weighted by Gasteiger charge is -2.24. The molecule has 0 aromatic heterocycles. The third kappa shape index (κ3) is 3.04. The third-order valence-electron chi connectivity index (χ3n) is 3.82. The minimum absolute atomic E-state index is 0.108. The van der Waals surface area contributed by atoms with Gasteiger partial charge in [0, 0.05) is 0 Å². The van der Waals surface area contributed by atoms with Crippen molar-refractivity contribution in [3.63, 3.8) is 0 Å². The molecule has 0 spiro atoms. The van der Waals surface area contributed by atoms with Crippen LogP contribution in [0, 0.1) is 6.92 Å². The zero-order valence-electron chi connectivity index (χ0n) is 10.9. The predicted octanol–water partition coefficient (Wildman–Crippen LogP) is 3.32. The van der Waals surface area contributed by atoms with Crippen LogP contribution in [0.5, 0.6) is 0 Å². The number of rotatable bonds is 3. The molecule has 0 saturated heterocycles. The molecule has 0 aliphatic heterocycles. The highest BCUT2D eigenvalue weighted by atomic mass is 32.2. The molecule has 0 radical (unpaired) electrons. The van der Waals surface area contributed by atoms with Crippen LogP contribution in [-0.2, 0) is 11.1 Å². The van der Waals surface area contributed by atoms with Crippen molar-refractivity contribution in [3.05, 3.63) is 28.8 Å². The van der Waals surface area contributed by atoms with Crippen molar-refractivity contribution < 1.29 is 18.7 Å². The summed E-state index contributed by atoms with van der Waals surface area (Å²) >= 11 is -2.14. The molecule has 1 aliphatic rings. The second-order valence-electron chi connectivity index (χ2n) is 5.09. The van der Waals surface area contributed by atoms with Crippen LogP contribution in [-0.4, -0.2) is 19.8 Å². The van der Waals surface area contributed by atoms with Crippen LogP contribution < -0.4 is 0 Å². The number of aryl methyl sites for hydroxylation is 1. The highest BCUT2D eigenvalue weighted by Gasteiger charge is 2.23. The van der Waals surface area contributed by atoms with Crippen molar-refractivity contribution in [1.82, 2.24) is 0 Å². The maximum absolute atomic E-state index is 11.5. The van der Waals surface area contributed by atoms with Crippen molar-refractivity contribution in [2.75, 3.05) is 0 Å². The second-order valence-corrected chi connectivity index (χ2v) is 6.03. The Hall–Kier alpha value is -1.20. The van der Waals surface area contributed by atoms with Gasteiger partial charge in [-0.2, -0.15) is 0 Å². The number of benzene rings is 1. The lowest BCUT2D eigenvalue weighted by molar-refractivity contribution is 0.0696. The first-order chi connectivity index (χ1) is 9.00. The van der Waals surface area contributed by atoms with Crippen molar-refractivity contribution in [3.8, 4) is 0 Å². The van der Waals surface area contributed by atoms with Gasteiger partial charge in [-0.05, 0) is 42.9 Å². The van der Waals surface area contributed by atoms with Gasteiger partial charge >= 0.3 is 5.97 Å². The van der Waals surface area contributed by atoms with Gasteiger partial charge in [0.05, 0.1) is 10.5 Å². The van der Waals surface area contributed by atoms with Crippen LogP contribution in [0.3, 0.4) is 0 Å². The number of carboxylic acid groups (broad SMARTS) is 1. The van der Waals surface area contributed by atoms with E-state index in [1.54, 1.807) is 13.0 Å². The molecule has 104 valence electrons. The van der Waals surface area contributed by atoms with E-state index in [1.807, 2.05) is 0 Å². The van der Waals surface area contributed by atoms with Crippen LogP contribution in [0.2, 0.25) is 0 Å². The molecule has 1 fully saturated rings. The number of carbonyl (C=O) groups is 1. The topological polar surface area (TPSA) is 74.6 Å². The molecule has 1 aromatic rings. The fraction of sp³-hybridized carbons (Fsp3) is 0.500. The molecule has 1 aliphatic carbocycles. The monoisotopic (exact) mass is 282 g/mol. The smallest absolute Gasteiger partial charge is 0.335 e. The standard InChI is InChI=1S/C14H18O4S/c1-9-7-12(10-5-3-2-4-6-10)13(19(17)18)8-11(9)14(15)16/h7-8,10H,2-6H2,1H3,(H,15,16)(H,17,18). The van der Waals surface area contributed by atoms with Crippen LogP contribution in [0.25, 0.3) is 0 Å². The molecular weight excluding hydrogens is 264 g/mol. The first kappa shape index (κ1) is 14.2.